The maximum atomic E-state index is 9.75. The number of aryl methyl sites for hydroxylation is 1. The summed E-state index contributed by atoms with van der Waals surface area (Å²) in [6.07, 6.45) is 0. The van der Waals surface area contributed by atoms with E-state index in [2.05, 4.69) is 31.2 Å². The highest BCUT2D eigenvalue weighted by Gasteiger charge is 2.20. The molecule has 20 heavy (non-hydrogen) atoms. The summed E-state index contributed by atoms with van der Waals surface area (Å²) in [5, 5.41) is 17.8. The normalized spacial score (nSPS) is 11.2. The topological polar surface area (TPSA) is 40.5 Å². The third-order valence-corrected chi connectivity index (χ3v) is 4.51. The van der Waals surface area contributed by atoms with E-state index in [4.69, 9.17) is 10.2 Å². The van der Waals surface area contributed by atoms with Gasteiger partial charge in [0.2, 0.25) is 0 Å². The van der Waals surface area contributed by atoms with Crippen molar-refractivity contribution >= 4 is 18.1 Å². The minimum Gasteiger partial charge on any atom is -0.418 e. The first-order valence-corrected chi connectivity index (χ1v) is 7.78. The molecule has 0 heterocycles. The largest absolute Gasteiger partial charge is 0.673 e. The minimum absolute atomic E-state index is 0.118. The van der Waals surface area contributed by atoms with E-state index in [1.807, 2.05) is 0 Å². The molecule has 0 saturated heterocycles. The van der Waals surface area contributed by atoms with Gasteiger partial charge >= 0.3 is 7.25 Å². The van der Waals surface area contributed by atoms with E-state index in [9.17, 15) is 17.3 Å². The molecule has 1 aromatic carbocycles. The highest BCUT2D eigenvalue weighted by atomic mass is 32.2. The van der Waals surface area contributed by atoms with Gasteiger partial charge in [-0.2, -0.15) is 0 Å². The van der Waals surface area contributed by atoms with Gasteiger partial charge < -0.3 is 27.5 Å². The minimum atomic E-state index is -6.00. The van der Waals surface area contributed by atoms with Crippen LogP contribution in [0.2, 0.25) is 0 Å². The van der Waals surface area contributed by atoms with Crippen molar-refractivity contribution < 1.29 is 27.5 Å². The molecule has 0 radical (unpaired) electrons. The lowest BCUT2D eigenvalue weighted by molar-refractivity contribution is 0.316. The predicted molar refractivity (Wildman–Crippen MR) is 76.3 cm³/mol. The van der Waals surface area contributed by atoms with E-state index in [0.29, 0.717) is 0 Å². The Morgan fingerprint density at radius 1 is 0.950 bits per heavy atom. The molecule has 1 rings (SSSR count). The quantitative estimate of drug-likeness (QED) is 0.481. The number of aliphatic hydroxyl groups excluding tert-OH is 2. The summed E-state index contributed by atoms with van der Waals surface area (Å²) < 4.78 is 39.0. The van der Waals surface area contributed by atoms with Crippen molar-refractivity contribution in [3.63, 3.8) is 0 Å². The molecule has 0 aliphatic heterocycles. The van der Waals surface area contributed by atoms with E-state index in [1.54, 1.807) is 0 Å². The van der Waals surface area contributed by atoms with Crippen molar-refractivity contribution in [1.82, 2.24) is 0 Å². The summed E-state index contributed by atoms with van der Waals surface area (Å²) in [5.41, 5.74) is 2.56. The molecule has 0 amide bonds. The Bertz CT molecular complexity index is 347. The molecule has 0 atom stereocenters. The van der Waals surface area contributed by atoms with Crippen LogP contribution in [0.25, 0.3) is 0 Å². The lowest BCUT2D eigenvalue weighted by Gasteiger charge is -2.06. The number of hydrogen-bond donors (Lipinski definition) is 2. The van der Waals surface area contributed by atoms with Gasteiger partial charge in [-0.3, -0.25) is 0 Å². The molecular weight excluding hydrogens is 295 g/mol. The Labute approximate surface area is 119 Å². The zero-order valence-electron chi connectivity index (χ0n) is 11.2. The maximum Gasteiger partial charge on any atom is 0.673 e. The molecule has 116 valence electrons. The molecular formula is C12H19BF4O2S. The molecule has 0 unspecified atom stereocenters. The van der Waals surface area contributed by atoms with Crippen molar-refractivity contribution in [3.05, 3.63) is 35.4 Å². The number of aliphatic hydroxyl groups is 2. The van der Waals surface area contributed by atoms with Gasteiger partial charge in [-0.1, -0.05) is 29.8 Å². The van der Waals surface area contributed by atoms with Crippen molar-refractivity contribution in [2.75, 3.05) is 24.7 Å². The predicted octanol–water partition coefficient (Wildman–Crippen LogP) is 2.40. The van der Waals surface area contributed by atoms with Crippen LogP contribution in [0, 0.1) is 6.92 Å². The molecule has 0 spiro atoms. The highest BCUT2D eigenvalue weighted by molar-refractivity contribution is 7.96. The molecule has 0 aliphatic rings. The first-order valence-electron chi connectivity index (χ1n) is 6.05. The SMILES string of the molecule is Cc1ccc(C[S+](CCO)CCO)cc1.F[B-](F)(F)F. The standard InChI is InChI=1S/C12H19O2S.BF4/c1-11-2-4-12(5-3-11)10-15(8-6-13)9-7-14;2-1(3,4)5/h2-5,13-14H,6-10H2,1H3;/q+1;-1. The second kappa shape index (κ2) is 10.1. The van der Waals surface area contributed by atoms with Gasteiger partial charge in [0.15, 0.2) is 0 Å². The van der Waals surface area contributed by atoms with Crippen molar-refractivity contribution in [2.45, 2.75) is 12.7 Å². The van der Waals surface area contributed by atoms with Crippen LogP contribution in [0.5, 0.6) is 0 Å². The second-order valence-electron chi connectivity index (χ2n) is 4.09. The maximum absolute atomic E-state index is 9.75. The zero-order valence-corrected chi connectivity index (χ0v) is 12.1. The van der Waals surface area contributed by atoms with E-state index < -0.39 is 7.25 Å². The van der Waals surface area contributed by atoms with E-state index >= 15 is 0 Å². The lowest BCUT2D eigenvalue weighted by Crippen LogP contribution is -2.19. The van der Waals surface area contributed by atoms with Gasteiger partial charge in [0.1, 0.15) is 17.3 Å². The molecule has 0 bridgehead atoms. The van der Waals surface area contributed by atoms with Crippen LogP contribution in [0.3, 0.4) is 0 Å². The highest BCUT2D eigenvalue weighted by Crippen LogP contribution is 2.10. The molecule has 0 saturated carbocycles. The van der Waals surface area contributed by atoms with Crippen LogP contribution < -0.4 is 0 Å². The van der Waals surface area contributed by atoms with Gasteiger partial charge in [0.25, 0.3) is 0 Å². The Balaban J connectivity index is 0.000000621. The zero-order chi connectivity index (χ0) is 15.6. The number of rotatable bonds is 6. The monoisotopic (exact) mass is 314 g/mol. The van der Waals surface area contributed by atoms with Gasteiger partial charge in [-0.25, -0.2) is 0 Å². The molecule has 0 aliphatic carbocycles. The Hall–Kier alpha value is -0.725. The van der Waals surface area contributed by atoms with Crippen LogP contribution >= 0.6 is 0 Å². The van der Waals surface area contributed by atoms with Gasteiger partial charge in [0.05, 0.1) is 13.2 Å². The molecule has 0 aromatic heterocycles. The van der Waals surface area contributed by atoms with Crippen LogP contribution in [0.1, 0.15) is 11.1 Å². The number of hydrogen-bond acceptors (Lipinski definition) is 2. The summed E-state index contributed by atoms with van der Waals surface area (Å²) in [4.78, 5) is 0. The van der Waals surface area contributed by atoms with Crippen molar-refractivity contribution in [2.24, 2.45) is 0 Å². The van der Waals surface area contributed by atoms with E-state index in [-0.39, 0.29) is 24.1 Å². The molecule has 0 fully saturated rings. The average molecular weight is 314 g/mol. The molecule has 1 aromatic rings. The average Bonchev–Trinajstić information content (AvgIpc) is 2.31. The summed E-state index contributed by atoms with van der Waals surface area (Å²) in [7, 11) is -5.88. The summed E-state index contributed by atoms with van der Waals surface area (Å²) in [5.74, 6) is 2.57. The fraction of sp³-hybridized carbons (Fsp3) is 0.500. The third-order valence-electron chi connectivity index (χ3n) is 2.25. The Morgan fingerprint density at radius 2 is 1.35 bits per heavy atom. The van der Waals surface area contributed by atoms with Crippen LogP contribution in [0.4, 0.5) is 17.3 Å². The Morgan fingerprint density at radius 3 is 1.70 bits per heavy atom. The first-order chi connectivity index (χ1) is 9.26. The second-order valence-corrected chi connectivity index (χ2v) is 6.42. The Kier molecular flexibility index (Phi) is 9.70. The van der Waals surface area contributed by atoms with Gasteiger partial charge in [-0.05, 0) is 17.8 Å². The van der Waals surface area contributed by atoms with E-state index in [1.165, 1.54) is 11.1 Å². The summed E-state index contributed by atoms with van der Waals surface area (Å²) in [6, 6.07) is 8.47. The molecule has 2 nitrogen and oxygen atoms in total. The lowest BCUT2D eigenvalue weighted by atomic mass is 10.2. The molecule has 8 heteroatoms. The first kappa shape index (κ1) is 19.3. The fourth-order valence-corrected chi connectivity index (χ4v) is 3.10. The molecule has 2 N–H and O–H groups in total. The van der Waals surface area contributed by atoms with Gasteiger partial charge in [0, 0.05) is 5.56 Å². The number of benzene rings is 1. The van der Waals surface area contributed by atoms with Crippen LogP contribution in [0.15, 0.2) is 24.3 Å². The van der Waals surface area contributed by atoms with Crippen LogP contribution in [-0.4, -0.2) is 42.2 Å². The van der Waals surface area contributed by atoms with Crippen molar-refractivity contribution in [1.29, 1.82) is 0 Å². The number of halogens is 4. The third kappa shape index (κ3) is 12.3. The smallest absolute Gasteiger partial charge is 0.418 e. The van der Waals surface area contributed by atoms with Gasteiger partial charge in [-0.15, -0.1) is 0 Å². The summed E-state index contributed by atoms with van der Waals surface area (Å²) in [6.45, 7) is 2.51. The fourth-order valence-electron chi connectivity index (χ4n) is 1.42. The van der Waals surface area contributed by atoms with E-state index in [0.717, 1.165) is 17.3 Å². The van der Waals surface area contributed by atoms with Crippen LogP contribution in [-0.2, 0) is 16.6 Å². The summed E-state index contributed by atoms with van der Waals surface area (Å²) >= 11 is 0. The van der Waals surface area contributed by atoms with Crippen molar-refractivity contribution in [3.8, 4) is 0 Å².